The van der Waals surface area contributed by atoms with Crippen molar-refractivity contribution in [3.8, 4) is 0 Å². The van der Waals surface area contributed by atoms with Crippen LogP contribution in [0.1, 0.15) is 30.7 Å². The van der Waals surface area contributed by atoms with Gasteiger partial charge in [-0.05, 0) is 38.4 Å². The average Bonchev–Trinajstić information content (AvgIpc) is 2.23. The first-order valence-corrected chi connectivity index (χ1v) is 6.05. The van der Waals surface area contributed by atoms with Crippen LogP contribution in [-0.4, -0.2) is 17.4 Å². The van der Waals surface area contributed by atoms with Gasteiger partial charge in [-0.3, -0.25) is 4.98 Å². The maximum Gasteiger partial charge on any atom is 0.0544 e. The zero-order chi connectivity index (χ0) is 10.9. The van der Waals surface area contributed by atoms with Crippen LogP contribution in [0.5, 0.6) is 0 Å². The Hall–Kier alpha value is -0.600. The second kappa shape index (κ2) is 7.66. The molecule has 1 aromatic heterocycles. The van der Waals surface area contributed by atoms with Crippen LogP contribution in [0.4, 0.5) is 0 Å². The van der Waals surface area contributed by atoms with E-state index in [1.165, 1.54) is 12.8 Å². The molecule has 0 spiro atoms. The standard InChI is InChI=1S/C12H19ClN2/c1-11-6-5-7-12(15-11)10-14-9-4-2-3-8-13/h5-7,14H,2-4,8-10H2,1H3. The number of rotatable bonds is 7. The summed E-state index contributed by atoms with van der Waals surface area (Å²) in [7, 11) is 0. The van der Waals surface area contributed by atoms with Gasteiger partial charge >= 0.3 is 0 Å². The third kappa shape index (κ3) is 5.75. The van der Waals surface area contributed by atoms with Crippen molar-refractivity contribution >= 4 is 11.6 Å². The summed E-state index contributed by atoms with van der Waals surface area (Å²) in [5.41, 5.74) is 2.20. The summed E-state index contributed by atoms with van der Waals surface area (Å²) in [5, 5.41) is 3.38. The Morgan fingerprint density at radius 1 is 1.27 bits per heavy atom. The SMILES string of the molecule is Cc1cccc(CNCCCCCCl)n1. The third-order valence-electron chi connectivity index (χ3n) is 2.24. The van der Waals surface area contributed by atoms with Gasteiger partial charge in [-0.25, -0.2) is 0 Å². The Kier molecular flexibility index (Phi) is 6.37. The van der Waals surface area contributed by atoms with Crippen molar-refractivity contribution in [3.05, 3.63) is 29.6 Å². The maximum atomic E-state index is 5.60. The van der Waals surface area contributed by atoms with Crippen molar-refractivity contribution in [3.63, 3.8) is 0 Å². The van der Waals surface area contributed by atoms with Crippen LogP contribution in [0.3, 0.4) is 0 Å². The van der Waals surface area contributed by atoms with Crippen LogP contribution in [-0.2, 0) is 6.54 Å². The lowest BCUT2D eigenvalue weighted by atomic mass is 10.2. The Morgan fingerprint density at radius 2 is 2.13 bits per heavy atom. The molecule has 0 amide bonds. The number of hydrogen-bond acceptors (Lipinski definition) is 2. The molecule has 0 fully saturated rings. The minimum atomic E-state index is 0.777. The van der Waals surface area contributed by atoms with Gasteiger partial charge in [-0.1, -0.05) is 12.5 Å². The highest BCUT2D eigenvalue weighted by Gasteiger charge is 1.94. The van der Waals surface area contributed by atoms with E-state index >= 15 is 0 Å². The molecule has 1 aromatic rings. The second-order valence-electron chi connectivity index (χ2n) is 3.70. The number of nitrogens with one attached hydrogen (secondary N) is 1. The quantitative estimate of drug-likeness (QED) is 0.571. The number of halogens is 1. The molecule has 0 radical (unpaired) electrons. The Balaban J connectivity index is 2.10. The van der Waals surface area contributed by atoms with Gasteiger partial charge in [0.15, 0.2) is 0 Å². The molecule has 0 aliphatic rings. The Bertz CT molecular complexity index is 276. The highest BCUT2D eigenvalue weighted by molar-refractivity contribution is 6.17. The van der Waals surface area contributed by atoms with Crippen molar-refractivity contribution in [2.45, 2.75) is 32.7 Å². The van der Waals surface area contributed by atoms with E-state index in [-0.39, 0.29) is 0 Å². The summed E-state index contributed by atoms with van der Waals surface area (Å²) >= 11 is 5.60. The molecule has 1 rings (SSSR count). The van der Waals surface area contributed by atoms with E-state index in [4.69, 9.17) is 11.6 Å². The molecule has 1 N–H and O–H groups in total. The number of nitrogens with zero attached hydrogens (tertiary/aromatic N) is 1. The number of aromatic nitrogens is 1. The molecule has 0 aliphatic carbocycles. The maximum absolute atomic E-state index is 5.60. The first kappa shape index (κ1) is 12.5. The predicted molar refractivity (Wildman–Crippen MR) is 65.3 cm³/mol. The minimum Gasteiger partial charge on any atom is -0.311 e. The molecule has 3 heteroatoms. The van der Waals surface area contributed by atoms with E-state index in [0.717, 1.165) is 36.8 Å². The van der Waals surface area contributed by atoms with Crippen molar-refractivity contribution < 1.29 is 0 Å². The molecule has 0 aromatic carbocycles. The van der Waals surface area contributed by atoms with E-state index in [9.17, 15) is 0 Å². The Morgan fingerprint density at radius 3 is 2.87 bits per heavy atom. The lowest BCUT2D eigenvalue weighted by Crippen LogP contribution is -2.15. The van der Waals surface area contributed by atoms with Gasteiger partial charge < -0.3 is 5.32 Å². The molecular weight excluding hydrogens is 208 g/mol. The first-order chi connectivity index (χ1) is 7.33. The van der Waals surface area contributed by atoms with Crippen LogP contribution in [0.2, 0.25) is 0 Å². The molecule has 0 saturated heterocycles. The first-order valence-electron chi connectivity index (χ1n) is 5.52. The predicted octanol–water partition coefficient (Wildman–Crippen LogP) is 2.89. The highest BCUT2D eigenvalue weighted by Crippen LogP contribution is 1.99. The Labute approximate surface area is 97.1 Å². The molecule has 0 unspecified atom stereocenters. The molecule has 1 heterocycles. The molecule has 0 atom stereocenters. The fourth-order valence-electron chi connectivity index (χ4n) is 1.44. The van der Waals surface area contributed by atoms with Crippen LogP contribution < -0.4 is 5.32 Å². The van der Waals surface area contributed by atoms with Gasteiger partial charge in [0.1, 0.15) is 0 Å². The van der Waals surface area contributed by atoms with E-state index in [1.807, 2.05) is 19.1 Å². The van der Waals surface area contributed by atoms with E-state index in [1.54, 1.807) is 0 Å². The van der Waals surface area contributed by atoms with Crippen LogP contribution in [0, 0.1) is 6.92 Å². The average molecular weight is 227 g/mol. The van der Waals surface area contributed by atoms with Crippen molar-refractivity contribution in [2.24, 2.45) is 0 Å². The fourth-order valence-corrected chi connectivity index (χ4v) is 1.62. The van der Waals surface area contributed by atoms with Gasteiger partial charge in [0, 0.05) is 18.1 Å². The van der Waals surface area contributed by atoms with Gasteiger partial charge in [-0.2, -0.15) is 0 Å². The topological polar surface area (TPSA) is 24.9 Å². The summed E-state index contributed by atoms with van der Waals surface area (Å²) in [6.45, 7) is 3.93. The van der Waals surface area contributed by atoms with Crippen LogP contribution in [0.15, 0.2) is 18.2 Å². The number of alkyl halides is 1. The minimum absolute atomic E-state index is 0.777. The number of hydrogen-bond donors (Lipinski definition) is 1. The highest BCUT2D eigenvalue weighted by atomic mass is 35.5. The largest absolute Gasteiger partial charge is 0.311 e. The summed E-state index contributed by atoms with van der Waals surface area (Å²) < 4.78 is 0. The van der Waals surface area contributed by atoms with Gasteiger partial charge in [0.25, 0.3) is 0 Å². The third-order valence-corrected chi connectivity index (χ3v) is 2.51. The van der Waals surface area contributed by atoms with Crippen LogP contribution in [0.25, 0.3) is 0 Å². The van der Waals surface area contributed by atoms with E-state index < -0.39 is 0 Å². The second-order valence-corrected chi connectivity index (χ2v) is 4.07. The fraction of sp³-hybridized carbons (Fsp3) is 0.583. The number of pyridine rings is 1. The molecule has 0 bridgehead atoms. The molecule has 0 saturated carbocycles. The van der Waals surface area contributed by atoms with Crippen molar-refractivity contribution in [1.82, 2.24) is 10.3 Å². The van der Waals surface area contributed by atoms with Gasteiger partial charge in [-0.15, -0.1) is 11.6 Å². The number of unbranched alkanes of at least 4 members (excludes halogenated alkanes) is 2. The summed E-state index contributed by atoms with van der Waals surface area (Å²) in [5.74, 6) is 0.777. The zero-order valence-corrected chi connectivity index (χ0v) is 10.1. The lowest BCUT2D eigenvalue weighted by molar-refractivity contribution is 0.611. The van der Waals surface area contributed by atoms with E-state index in [2.05, 4.69) is 16.4 Å². The monoisotopic (exact) mass is 226 g/mol. The summed E-state index contributed by atoms with van der Waals surface area (Å²) in [4.78, 5) is 4.42. The molecule has 2 nitrogen and oxygen atoms in total. The summed E-state index contributed by atoms with van der Waals surface area (Å²) in [6.07, 6.45) is 3.52. The lowest BCUT2D eigenvalue weighted by Gasteiger charge is -2.04. The summed E-state index contributed by atoms with van der Waals surface area (Å²) in [6, 6.07) is 6.12. The molecule has 84 valence electrons. The van der Waals surface area contributed by atoms with Crippen molar-refractivity contribution in [2.75, 3.05) is 12.4 Å². The van der Waals surface area contributed by atoms with Gasteiger partial charge in [0.2, 0.25) is 0 Å². The molecule has 15 heavy (non-hydrogen) atoms. The van der Waals surface area contributed by atoms with Crippen molar-refractivity contribution in [1.29, 1.82) is 0 Å². The normalized spacial score (nSPS) is 10.5. The zero-order valence-electron chi connectivity index (χ0n) is 9.30. The van der Waals surface area contributed by atoms with E-state index in [0.29, 0.717) is 0 Å². The smallest absolute Gasteiger partial charge is 0.0544 e. The number of aryl methyl sites for hydroxylation is 1. The molecule has 0 aliphatic heterocycles. The van der Waals surface area contributed by atoms with Gasteiger partial charge in [0.05, 0.1) is 5.69 Å². The van der Waals surface area contributed by atoms with Crippen LogP contribution >= 0.6 is 11.6 Å². The molecular formula is C12H19ClN2.